The molecular weight excluding hydrogens is 252 g/mol. The van der Waals surface area contributed by atoms with Crippen molar-refractivity contribution in [1.82, 2.24) is 5.48 Å². The van der Waals surface area contributed by atoms with Gasteiger partial charge in [0, 0.05) is 0 Å². The first-order valence-corrected chi connectivity index (χ1v) is 5.87. The third-order valence-electron chi connectivity index (χ3n) is 2.54. The van der Waals surface area contributed by atoms with Crippen LogP contribution in [0.4, 0.5) is 0 Å². The van der Waals surface area contributed by atoms with Gasteiger partial charge in [-0.2, -0.15) is 5.48 Å². The van der Waals surface area contributed by atoms with Crippen LogP contribution in [-0.4, -0.2) is 37.4 Å². The Balaban J connectivity index is 1.88. The molecule has 1 aromatic carbocycles. The second-order valence-corrected chi connectivity index (χ2v) is 4.02. The van der Waals surface area contributed by atoms with Crippen LogP contribution in [0.25, 0.3) is 0 Å². The maximum atomic E-state index is 10.4. The van der Waals surface area contributed by atoms with Crippen molar-refractivity contribution in [2.75, 3.05) is 26.4 Å². The number of hydroxylamine groups is 1. The lowest BCUT2D eigenvalue weighted by atomic mass is 10.1. The van der Waals surface area contributed by atoms with Crippen LogP contribution in [0.2, 0.25) is 0 Å². The summed E-state index contributed by atoms with van der Waals surface area (Å²) in [6, 6.07) is 5.21. The van der Waals surface area contributed by atoms with E-state index in [9.17, 15) is 9.90 Å². The van der Waals surface area contributed by atoms with Gasteiger partial charge in [0.25, 0.3) is 0 Å². The third-order valence-corrected chi connectivity index (χ3v) is 2.54. The number of aliphatic hydroxyl groups excluding tert-OH is 1. The quantitative estimate of drug-likeness (QED) is 0.474. The number of nitrogens with two attached hydrogens (primary N) is 1. The number of carbonyl (C=O) groups excluding carboxylic acids is 1. The zero-order chi connectivity index (χ0) is 13.7. The summed E-state index contributed by atoms with van der Waals surface area (Å²) in [5, 5.41) is 9.93. The van der Waals surface area contributed by atoms with Gasteiger partial charge in [0.2, 0.25) is 5.91 Å². The Bertz CT molecular complexity index is 452. The van der Waals surface area contributed by atoms with Crippen molar-refractivity contribution in [2.24, 2.45) is 5.73 Å². The largest absolute Gasteiger partial charge is 0.486 e. The molecule has 1 aliphatic rings. The molecular formula is C12H16N2O5. The number of hydrogen-bond donors (Lipinski definition) is 3. The Morgan fingerprint density at radius 2 is 2.16 bits per heavy atom. The highest BCUT2D eigenvalue weighted by Gasteiger charge is 2.15. The van der Waals surface area contributed by atoms with Gasteiger partial charge in [-0.3, -0.25) is 9.63 Å². The second kappa shape index (κ2) is 6.37. The van der Waals surface area contributed by atoms with Crippen LogP contribution in [0.1, 0.15) is 11.7 Å². The van der Waals surface area contributed by atoms with Crippen LogP contribution in [0.15, 0.2) is 18.2 Å². The molecule has 104 valence electrons. The van der Waals surface area contributed by atoms with E-state index in [4.69, 9.17) is 20.0 Å². The standard InChI is InChI=1S/C12H16N2O5/c13-12(16)7-19-14-6-9(15)8-1-2-10-11(5-8)18-4-3-17-10/h1-2,5,9,14-15H,3-4,6-7H2,(H2,13,16). The minimum atomic E-state index is -0.788. The van der Waals surface area contributed by atoms with Crippen LogP contribution in [0.3, 0.4) is 0 Å². The number of aliphatic hydroxyl groups is 1. The normalized spacial score (nSPS) is 15.0. The van der Waals surface area contributed by atoms with Crippen molar-refractivity contribution < 1.29 is 24.2 Å². The first-order valence-electron chi connectivity index (χ1n) is 5.87. The molecule has 1 heterocycles. The zero-order valence-electron chi connectivity index (χ0n) is 10.3. The van der Waals surface area contributed by atoms with Gasteiger partial charge in [0.15, 0.2) is 11.5 Å². The van der Waals surface area contributed by atoms with Crippen LogP contribution in [0, 0.1) is 0 Å². The molecule has 0 saturated carbocycles. The van der Waals surface area contributed by atoms with E-state index in [2.05, 4.69) is 5.48 Å². The molecule has 19 heavy (non-hydrogen) atoms. The molecule has 0 radical (unpaired) electrons. The van der Waals surface area contributed by atoms with Crippen molar-refractivity contribution in [3.8, 4) is 11.5 Å². The molecule has 0 spiro atoms. The van der Waals surface area contributed by atoms with Gasteiger partial charge < -0.3 is 20.3 Å². The minimum Gasteiger partial charge on any atom is -0.486 e. The Morgan fingerprint density at radius 3 is 2.89 bits per heavy atom. The first-order chi connectivity index (χ1) is 9.16. The molecule has 0 aliphatic carbocycles. The van der Waals surface area contributed by atoms with E-state index in [0.29, 0.717) is 30.3 Å². The number of hydrogen-bond acceptors (Lipinski definition) is 6. The molecule has 1 aliphatic heterocycles. The van der Waals surface area contributed by atoms with Gasteiger partial charge in [0.05, 0.1) is 12.6 Å². The molecule has 0 fully saturated rings. The smallest absolute Gasteiger partial charge is 0.245 e. The SMILES string of the molecule is NC(=O)CONCC(O)c1ccc2c(c1)OCCO2. The Kier molecular flexibility index (Phi) is 4.56. The van der Waals surface area contributed by atoms with Crippen LogP contribution in [-0.2, 0) is 9.63 Å². The van der Waals surface area contributed by atoms with Gasteiger partial charge in [-0.15, -0.1) is 0 Å². The number of rotatable bonds is 6. The van der Waals surface area contributed by atoms with Crippen molar-refractivity contribution in [3.05, 3.63) is 23.8 Å². The molecule has 7 heteroatoms. The molecule has 1 aromatic rings. The Morgan fingerprint density at radius 1 is 1.42 bits per heavy atom. The predicted octanol–water partition coefficient (Wildman–Crippen LogP) is -0.502. The maximum absolute atomic E-state index is 10.4. The molecule has 0 bridgehead atoms. The van der Waals surface area contributed by atoms with E-state index in [1.54, 1.807) is 18.2 Å². The van der Waals surface area contributed by atoms with Gasteiger partial charge in [-0.05, 0) is 17.7 Å². The van der Waals surface area contributed by atoms with E-state index in [0.717, 1.165) is 0 Å². The van der Waals surface area contributed by atoms with E-state index < -0.39 is 12.0 Å². The lowest BCUT2D eigenvalue weighted by Crippen LogP contribution is -2.28. The van der Waals surface area contributed by atoms with Gasteiger partial charge in [-0.25, -0.2) is 0 Å². The van der Waals surface area contributed by atoms with Crippen molar-refractivity contribution in [1.29, 1.82) is 0 Å². The fourth-order valence-corrected chi connectivity index (χ4v) is 1.65. The van der Waals surface area contributed by atoms with Crippen LogP contribution >= 0.6 is 0 Å². The highest BCUT2D eigenvalue weighted by Crippen LogP contribution is 2.32. The highest BCUT2D eigenvalue weighted by molar-refractivity contribution is 5.74. The number of amides is 1. The van der Waals surface area contributed by atoms with Crippen molar-refractivity contribution in [3.63, 3.8) is 0 Å². The summed E-state index contributed by atoms with van der Waals surface area (Å²) in [7, 11) is 0. The summed E-state index contributed by atoms with van der Waals surface area (Å²) in [6.07, 6.45) is -0.788. The maximum Gasteiger partial charge on any atom is 0.245 e. The third kappa shape index (κ3) is 3.82. The molecule has 0 saturated heterocycles. The highest BCUT2D eigenvalue weighted by atomic mass is 16.6. The molecule has 4 N–H and O–H groups in total. The van der Waals surface area contributed by atoms with Crippen molar-refractivity contribution in [2.45, 2.75) is 6.10 Å². The molecule has 1 atom stereocenters. The summed E-state index contributed by atoms with van der Waals surface area (Å²) >= 11 is 0. The molecule has 0 aromatic heterocycles. The Hall–Kier alpha value is -1.83. The fraction of sp³-hybridized carbons (Fsp3) is 0.417. The summed E-state index contributed by atoms with van der Waals surface area (Å²) < 4.78 is 10.8. The lowest BCUT2D eigenvalue weighted by molar-refractivity contribution is -0.125. The number of carbonyl (C=O) groups is 1. The lowest BCUT2D eigenvalue weighted by Gasteiger charge is -2.20. The molecule has 2 rings (SSSR count). The second-order valence-electron chi connectivity index (χ2n) is 4.02. The topological polar surface area (TPSA) is 103 Å². The summed E-state index contributed by atoms with van der Waals surface area (Å²) in [5.41, 5.74) is 8.04. The van der Waals surface area contributed by atoms with Gasteiger partial charge >= 0.3 is 0 Å². The molecule has 1 unspecified atom stereocenters. The number of nitrogens with one attached hydrogen (secondary N) is 1. The minimum absolute atomic E-state index is 0.132. The average Bonchev–Trinajstić information content (AvgIpc) is 2.42. The summed E-state index contributed by atoms with van der Waals surface area (Å²) in [6.45, 7) is 0.907. The number of primary amides is 1. The van der Waals surface area contributed by atoms with Gasteiger partial charge in [-0.1, -0.05) is 6.07 Å². The number of fused-ring (bicyclic) bond motifs is 1. The van der Waals surface area contributed by atoms with Gasteiger partial charge in [0.1, 0.15) is 19.8 Å². The number of ether oxygens (including phenoxy) is 2. The first kappa shape index (κ1) is 13.6. The van der Waals surface area contributed by atoms with Crippen LogP contribution < -0.4 is 20.7 Å². The molecule has 1 amide bonds. The fourth-order valence-electron chi connectivity index (χ4n) is 1.65. The predicted molar refractivity (Wildman–Crippen MR) is 65.5 cm³/mol. The zero-order valence-corrected chi connectivity index (χ0v) is 10.3. The van der Waals surface area contributed by atoms with Crippen molar-refractivity contribution >= 4 is 5.91 Å². The van der Waals surface area contributed by atoms with Crippen LogP contribution in [0.5, 0.6) is 11.5 Å². The monoisotopic (exact) mass is 268 g/mol. The summed E-state index contributed by atoms with van der Waals surface area (Å²) in [4.78, 5) is 15.2. The van der Waals surface area contributed by atoms with E-state index in [1.807, 2.05) is 0 Å². The average molecular weight is 268 g/mol. The van der Waals surface area contributed by atoms with E-state index in [-0.39, 0.29) is 13.2 Å². The van der Waals surface area contributed by atoms with E-state index >= 15 is 0 Å². The summed E-state index contributed by atoms with van der Waals surface area (Å²) in [5.74, 6) is 0.697. The van der Waals surface area contributed by atoms with E-state index in [1.165, 1.54) is 0 Å². The molecule has 7 nitrogen and oxygen atoms in total. The Labute approximate surface area is 110 Å². The number of benzene rings is 1.